The fourth-order valence-corrected chi connectivity index (χ4v) is 4.46. The van der Waals surface area contributed by atoms with E-state index in [0.29, 0.717) is 25.7 Å². The number of nitrogens with zero attached hydrogens (tertiary/aromatic N) is 2. The molecule has 2 aromatic carbocycles. The van der Waals surface area contributed by atoms with E-state index < -0.39 is 46.0 Å². The van der Waals surface area contributed by atoms with Crippen molar-refractivity contribution in [2.24, 2.45) is 0 Å². The molecule has 31 heavy (non-hydrogen) atoms. The molecule has 1 heterocycles. The van der Waals surface area contributed by atoms with Crippen molar-refractivity contribution >= 4 is 34.2 Å². The molecular weight excluding hydrogens is 534 g/mol. The van der Waals surface area contributed by atoms with Gasteiger partial charge in [-0.3, -0.25) is 4.79 Å². The molecule has 4 nitrogen and oxygen atoms in total. The molecule has 0 saturated carbocycles. The zero-order valence-electron chi connectivity index (χ0n) is 16.7. The minimum Gasteiger partial charge on any atom is -0.372 e. The molecule has 1 atom stereocenters. The minimum atomic E-state index is -4.91. The molecule has 1 amide bonds. The number of hydrogen-bond donors (Lipinski definition) is 1. The molecule has 1 N–H and O–H groups in total. The highest BCUT2D eigenvalue weighted by molar-refractivity contribution is 14.1. The van der Waals surface area contributed by atoms with Crippen LogP contribution in [0.1, 0.15) is 30.5 Å². The molecule has 1 unspecified atom stereocenters. The fourth-order valence-electron chi connectivity index (χ4n) is 3.86. The third-order valence-corrected chi connectivity index (χ3v) is 6.07. The summed E-state index contributed by atoms with van der Waals surface area (Å²) in [6.45, 7) is 5.45. The Labute approximate surface area is 189 Å². The molecule has 1 aliphatic heterocycles. The van der Waals surface area contributed by atoms with Gasteiger partial charge in [-0.25, -0.2) is 8.78 Å². The van der Waals surface area contributed by atoms with Gasteiger partial charge in [-0.05, 0) is 59.9 Å². The van der Waals surface area contributed by atoms with Crippen molar-refractivity contribution in [1.82, 2.24) is 4.90 Å². The summed E-state index contributed by atoms with van der Waals surface area (Å²) in [5, 5.41) is 11.4. The number of anilines is 1. The molecule has 0 aromatic heterocycles. The van der Waals surface area contributed by atoms with Gasteiger partial charge in [-0.1, -0.05) is 13.8 Å². The summed E-state index contributed by atoms with van der Waals surface area (Å²) in [6, 6.07) is 4.18. The number of carbonyl (C=O) groups is 1. The zero-order chi connectivity index (χ0) is 23.1. The van der Waals surface area contributed by atoms with Crippen LogP contribution in [-0.4, -0.2) is 42.1 Å². The first-order valence-electron chi connectivity index (χ1n) is 9.58. The zero-order valence-corrected chi connectivity index (χ0v) is 18.9. The number of rotatable bonds is 6. The van der Waals surface area contributed by atoms with E-state index in [2.05, 4.69) is 0 Å². The van der Waals surface area contributed by atoms with Crippen LogP contribution in [0.4, 0.5) is 27.6 Å². The molecular formula is C21H20F5IN2O2. The summed E-state index contributed by atoms with van der Waals surface area (Å²) >= 11 is 1.70. The molecule has 2 aromatic rings. The average molecular weight is 554 g/mol. The molecule has 0 saturated heterocycles. The number of hydrogen-bond acceptors (Lipinski definition) is 3. The van der Waals surface area contributed by atoms with E-state index in [0.717, 1.165) is 23.1 Å². The topological polar surface area (TPSA) is 43.8 Å². The maximum Gasteiger partial charge on any atom is 0.416 e. The molecule has 168 valence electrons. The Kier molecular flexibility index (Phi) is 6.64. The lowest BCUT2D eigenvalue weighted by Gasteiger charge is -2.26. The maximum atomic E-state index is 14.6. The van der Waals surface area contributed by atoms with Gasteiger partial charge in [0.05, 0.1) is 11.3 Å². The van der Waals surface area contributed by atoms with Crippen molar-refractivity contribution in [3.8, 4) is 0 Å². The van der Waals surface area contributed by atoms with Crippen LogP contribution in [-0.2, 0) is 16.6 Å². The number of likely N-dealkylation sites (N-methyl/N-ethyl adjacent to an activating group) is 1. The van der Waals surface area contributed by atoms with Crippen molar-refractivity contribution in [3.63, 3.8) is 0 Å². The second kappa shape index (κ2) is 8.62. The Morgan fingerprint density at radius 1 is 1.13 bits per heavy atom. The first kappa shape index (κ1) is 23.9. The number of carbonyl (C=O) groups excluding carboxylic acids is 1. The molecule has 1 aliphatic rings. The third-order valence-electron chi connectivity index (χ3n) is 5.45. The molecule has 3 rings (SSSR count). The predicted molar refractivity (Wildman–Crippen MR) is 114 cm³/mol. The molecule has 10 heteroatoms. The summed E-state index contributed by atoms with van der Waals surface area (Å²) in [5.74, 6) is -3.39. The van der Waals surface area contributed by atoms with E-state index in [-0.39, 0.29) is 15.8 Å². The molecule has 0 aliphatic carbocycles. The molecule has 0 bridgehead atoms. The Hall–Kier alpha value is -1.79. The van der Waals surface area contributed by atoms with E-state index >= 15 is 0 Å². The van der Waals surface area contributed by atoms with Gasteiger partial charge < -0.3 is 14.9 Å². The highest BCUT2D eigenvalue weighted by Crippen LogP contribution is 2.51. The summed E-state index contributed by atoms with van der Waals surface area (Å²) in [5.41, 5.74) is -5.78. The van der Waals surface area contributed by atoms with Crippen molar-refractivity contribution < 1.29 is 31.9 Å². The highest BCUT2D eigenvalue weighted by Gasteiger charge is 2.56. The van der Waals surface area contributed by atoms with Gasteiger partial charge in [0.2, 0.25) is 0 Å². The first-order chi connectivity index (χ1) is 14.4. The van der Waals surface area contributed by atoms with Crippen LogP contribution in [0.15, 0.2) is 30.3 Å². The van der Waals surface area contributed by atoms with Crippen molar-refractivity contribution in [1.29, 1.82) is 0 Å². The van der Waals surface area contributed by atoms with Gasteiger partial charge in [0.1, 0.15) is 11.6 Å². The molecule has 0 fully saturated rings. The lowest BCUT2D eigenvalue weighted by atomic mass is 9.84. The normalized spacial score (nSPS) is 18.8. The summed E-state index contributed by atoms with van der Waals surface area (Å²) in [4.78, 5) is 16.3. The van der Waals surface area contributed by atoms with Gasteiger partial charge in [0.25, 0.3) is 5.91 Å². The van der Waals surface area contributed by atoms with Crippen LogP contribution in [0.3, 0.4) is 0 Å². The van der Waals surface area contributed by atoms with Crippen LogP contribution >= 0.6 is 22.6 Å². The van der Waals surface area contributed by atoms with E-state index in [4.69, 9.17) is 0 Å². The number of fused-ring (bicyclic) bond motifs is 1. The van der Waals surface area contributed by atoms with Crippen LogP contribution in [0.2, 0.25) is 0 Å². The minimum absolute atomic E-state index is 0.00394. The SMILES string of the molecule is CCN(CC)CCN1C(=O)C(O)(c2ccc(F)cc2F)c2c1cc(I)cc2C(F)(F)F. The lowest BCUT2D eigenvalue weighted by molar-refractivity contribution is -0.142. The largest absolute Gasteiger partial charge is 0.416 e. The smallest absolute Gasteiger partial charge is 0.372 e. The second-order valence-corrected chi connectivity index (χ2v) is 8.41. The predicted octanol–water partition coefficient (Wildman–Crippen LogP) is 4.51. The number of alkyl halides is 3. The summed E-state index contributed by atoms with van der Waals surface area (Å²) < 4.78 is 70.0. The van der Waals surface area contributed by atoms with Crippen LogP contribution in [0, 0.1) is 15.2 Å². The Bertz CT molecular complexity index is 1010. The fraction of sp³-hybridized carbons (Fsp3) is 0.381. The van der Waals surface area contributed by atoms with Gasteiger partial charge >= 0.3 is 6.18 Å². The van der Waals surface area contributed by atoms with Gasteiger partial charge in [-0.15, -0.1) is 0 Å². The standard InChI is InChI=1S/C21H20F5IN2O2/c1-3-28(4-2)7-8-29-17-11-13(27)10-15(21(24,25)26)18(17)20(31,19(29)30)14-6-5-12(22)9-16(14)23/h5-6,9-11,31H,3-4,7-8H2,1-2H3. The van der Waals surface area contributed by atoms with E-state index in [1.54, 1.807) is 22.6 Å². The number of halogens is 6. The monoisotopic (exact) mass is 554 g/mol. The number of amides is 1. The number of aliphatic hydroxyl groups is 1. The lowest BCUT2D eigenvalue weighted by Crippen LogP contribution is -2.45. The quantitative estimate of drug-likeness (QED) is 0.423. The Balaban J connectivity index is 2.26. The van der Waals surface area contributed by atoms with E-state index in [1.165, 1.54) is 6.07 Å². The van der Waals surface area contributed by atoms with Crippen molar-refractivity contribution in [2.45, 2.75) is 25.6 Å². The van der Waals surface area contributed by atoms with E-state index in [1.807, 2.05) is 18.7 Å². The first-order valence-corrected chi connectivity index (χ1v) is 10.7. The molecule has 0 spiro atoms. The number of benzene rings is 2. The maximum absolute atomic E-state index is 14.6. The van der Waals surface area contributed by atoms with Crippen molar-refractivity contribution in [2.75, 3.05) is 31.1 Å². The average Bonchev–Trinajstić information content (AvgIpc) is 2.89. The summed E-state index contributed by atoms with van der Waals surface area (Å²) in [6.07, 6.45) is -4.91. The van der Waals surface area contributed by atoms with Gasteiger partial charge in [0, 0.05) is 33.9 Å². The Morgan fingerprint density at radius 3 is 2.32 bits per heavy atom. The molecule has 0 radical (unpaired) electrons. The van der Waals surface area contributed by atoms with E-state index in [9.17, 15) is 31.9 Å². The Morgan fingerprint density at radius 2 is 1.77 bits per heavy atom. The second-order valence-electron chi connectivity index (χ2n) is 7.16. The highest BCUT2D eigenvalue weighted by atomic mass is 127. The van der Waals surface area contributed by atoms with Crippen molar-refractivity contribution in [3.05, 3.63) is 62.2 Å². The van der Waals surface area contributed by atoms with Gasteiger partial charge in [-0.2, -0.15) is 13.2 Å². The summed E-state index contributed by atoms with van der Waals surface area (Å²) in [7, 11) is 0. The van der Waals surface area contributed by atoms with Crippen LogP contribution in [0.25, 0.3) is 0 Å². The third kappa shape index (κ3) is 4.17. The van der Waals surface area contributed by atoms with Crippen LogP contribution < -0.4 is 4.90 Å². The van der Waals surface area contributed by atoms with Crippen LogP contribution in [0.5, 0.6) is 0 Å². The van der Waals surface area contributed by atoms with Gasteiger partial charge in [0.15, 0.2) is 5.60 Å².